The van der Waals surface area contributed by atoms with Crippen LogP contribution < -0.4 is 0 Å². The lowest BCUT2D eigenvalue weighted by Gasteiger charge is -2.27. The zero-order chi connectivity index (χ0) is 19.1. The van der Waals surface area contributed by atoms with E-state index in [4.69, 9.17) is 0 Å². The van der Waals surface area contributed by atoms with Crippen LogP contribution in [-0.4, -0.2) is 58.2 Å². The Kier molecular flexibility index (Phi) is 7.57. The fraction of sp³-hybridized carbons (Fsp3) is 0.600. The van der Waals surface area contributed by atoms with Gasteiger partial charge >= 0.3 is 0 Å². The molecule has 5 nitrogen and oxygen atoms in total. The van der Waals surface area contributed by atoms with Gasteiger partial charge in [0.25, 0.3) is 0 Å². The van der Waals surface area contributed by atoms with Crippen molar-refractivity contribution < 1.29 is 9.18 Å². The van der Waals surface area contributed by atoms with Crippen LogP contribution in [0, 0.1) is 5.82 Å². The summed E-state index contributed by atoms with van der Waals surface area (Å²) in [5.74, 6) is -0.0175. The van der Waals surface area contributed by atoms with Crippen molar-refractivity contribution in [1.29, 1.82) is 0 Å². The van der Waals surface area contributed by atoms with Gasteiger partial charge in [-0.3, -0.25) is 9.48 Å². The minimum Gasteiger partial charge on any atom is -0.342 e. The number of hydrogen-bond donors (Lipinski definition) is 0. The van der Waals surface area contributed by atoms with Gasteiger partial charge in [0, 0.05) is 38.0 Å². The van der Waals surface area contributed by atoms with Crippen LogP contribution in [0.5, 0.6) is 0 Å². The van der Waals surface area contributed by atoms with Gasteiger partial charge < -0.3 is 9.80 Å². The van der Waals surface area contributed by atoms with Crippen LogP contribution >= 0.6 is 0 Å². The molecular formula is C20H31FN4O. The molecule has 1 atom stereocenters. The summed E-state index contributed by atoms with van der Waals surface area (Å²) in [6.45, 7) is 12.5. The molecule has 0 fully saturated rings. The van der Waals surface area contributed by atoms with Crippen LogP contribution in [0.4, 0.5) is 4.39 Å². The average molecular weight is 362 g/mol. The molecule has 0 N–H and O–H groups in total. The molecule has 144 valence electrons. The maximum absolute atomic E-state index is 13.3. The molecule has 2 rings (SSSR count). The fourth-order valence-corrected chi connectivity index (χ4v) is 3.24. The quantitative estimate of drug-likeness (QED) is 0.647. The number of likely N-dealkylation sites (N-methyl/N-ethyl adjacent to an activating group) is 2. The van der Waals surface area contributed by atoms with Gasteiger partial charge in [0.15, 0.2) is 0 Å². The summed E-state index contributed by atoms with van der Waals surface area (Å²) in [6, 6.07) is 5.02. The number of amides is 1. The van der Waals surface area contributed by atoms with Crippen LogP contribution in [-0.2, 0) is 4.79 Å². The van der Waals surface area contributed by atoms with Gasteiger partial charge in [0.2, 0.25) is 5.91 Å². The third-order valence-electron chi connectivity index (χ3n) is 5.01. The van der Waals surface area contributed by atoms with Gasteiger partial charge in [0.1, 0.15) is 5.82 Å². The highest BCUT2D eigenvalue weighted by molar-refractivity contribution is 5.78. The number of fused-ring (bicyclic) bond motifs is 1. The molecule has 2 aromatic rings. The van der Waals surface area contributed by atoms with Crippen LogP contribution in [0.2, 0.25) is 0 Å². The molecular weight excluding hydrogens is 331 g/mol. The average Bonchev–Trinajstić information content (AvgIpc) is 3.06. The molecule has 1 aromatic carbocycles. The highest BCUT2D eigenvalue weighted by atomic mass is 19.1. The molecule has 1 heterocycles. The second-order valence-corrected chi connectivity index (χ2v) is 6.69. The smallest absolute Gasteiger partial charge is 0.222 e. The van der Waals surface area contributed by atoms with Crippen molar-refractivity contribution in [2.24, 2.45) is 0 Å². The van der Waals surface area contributed by atoms with Gasteiger partial charge in [-0.1, -0.05) is 13.8 Å². The van der Waals surface area contributed by atoms with E-state index in [-0.39, 0.29) is 17.8 Å². The van der Waals surface area contributed by atoms with E-state index in [2.05, 4.69) is 23.8 Å². The zero-order valence-electron chi connectivity index (χ0n) is 16.4. The molecule has 0 radical (unpaired) electrons. The molecule has 26 heavy (non-hydrogen) atoms. The first-order chi connectivity index (χ1) is 12.5. The predicted octanol–water partition coefficient (Wildman–Crippen LogP) is 3.71. The fourth-order valence-electron chi connectivity index (χ4n) is 3.24. The molecule has 1 amide bonds. The standard InChI is InChI=1S/C20H31FN4O/c1-5-20(26)24(7-3)13-12-23(6-2)11-10-16(4)25-19-9-8-18(21)14-17(19)15-22-25/h8-9,14-16H,5-7,10-13H2,1-4H3. The molecule has 0 aliphatic heterocycles. The van der Waals surface area contributed by atoms with E-state index in [1.54, 1.807) is 12.3 Å². The van der Waals surface area contributed by atoms with Crippen molar-refractivity contribution in [3.8, 4) is 0 Å². The first-order valence-electron chi connectivity index (χ1n) is 9.63. The van der Waals surface area contributed by atoms with Gasteiger partial charge in [-0.25, -0.2) is 4.39 Å². The van der Waals surface area contributed by atoms with Gasteiger partial charge in [-0.05, 0) is 45.0 Å². The van der Waals surface area contributed by atoms with Crippen molar-refractivity contribution in [3.63, 3.8) is 0 Å². The monoisotopic (exact) mass is 362 g/mol. The number of carbonyl (C=O) groups excluding carboxylic acids is 1. The summed E-state index contributed by atoms with van der Waals surface area (Å²) >= 11 is 0. The Morgan fingerprint density at radius 2 is 1.96 bits per heavy atom. The van der Waals surface area contributed by atoms with Crippen LogP contribution in [0.15, 0.2) is 24.4 Å². The summed E-state index contributed by atoms with van der Waals surface area (Å²) in [7, 11) is 0. The molecule has 1 aromatic heterocycles. The third-order valence-corrected chi connectivity index (χ3v) is 5.01. The lowest BCUT2D eigenvalue weighted by atomic mass is 10.2. The summed E-state index contributed by atoms with van der Waals surface area (Å²) in [6.07, 6.45) is 3.24. The SMILES string of the molecule is CCC(=O)N(CC)CCN(CC)CCC(C)n1ncc2cc(F)ccc21. The van der Waals surface area contributed by atoms with E-state index in [1.807, 2.05) is 23.4 Å². The first-order valence-corrected chi connectivity index (χ1v) is 9.63. The van der Waals surface area contributed by atoms with Gasteiger partial charge in [-0.2, -0.15) is 5.10 Å². The van der Waals surface area contributed by atoms with E-state index in [0.717, 1.165) is 50.0 Å². The van der Waals surface area contributed by atoms with Crippen molar-refractivity contribution in [3.05, 3.63) is 30.2 Å². The lowest BCUT2D eigenvalue weighted by Crippen LogP contribution is -2.39. The number of halogens is 1. The van der Waals surface area contributed by atoms with Crippen molar-refractivity contribution >= 4 is 16.8 Å². The predicted molar refractivity (Wildman–Crippen MR) is 104 cm³/mol. The number of aromatic nitrogens is 2. The topological polar surface area (TPSA) is 41.4 Å². The van der Waals surface area contributed by atoms with Crippen molar-refractivity contribution in [2.45, 2.75) is 46.6 Å². The molecule has 0 bridgehead atoms. The number of rotatable bonds is 10. The van der Waals surface area contributed by atoms with E-state index in [9.17, 15) is 9.18 Å². The summed E-state index contributed by atoms with van der Waals surface area (Å²) < 4.78 is 15.3. The van der Waals surface area contributed by atoms with Gasteiger partial charge in [-0.15, -0.1) is 0 Å². The van der Waals surface area contributed by atoms with E-state index in [1.165, 1.54) is 12.1 Å². The Hall–Kier alpha value is -1.95. The lowest BCUT2D eigenvalue weighted by molar-refractivity contribution is -0.130. The number of carbonyl (C=O) groups is 1. The number of nitrogens with zero attached hydrogens (tertiary/aromatic N) is 4. The highest BCUT2D eigenvalue weighted by Crippen LogP contribution is 2.20. The number of hydrogen-bond acceptors (Lipinski definition) is 3. The molecule has 0 spiro atoms. The Morgan fingerprint density at radius 3 is 2.62 bits per heavy atom. The molecule has 0 aliphatic carbocycles. The van der Waals surface area contributed by atoms with Crippen LogP contribution in [0.25, 0.3) is 10.9 Å². The minimum atomic E-state index is -0.232. The highest BCUT2D eigenvalue weighted by Gasteiger charge is 2.14. The summed E-state index contributed by atoms with van der Waals surface area (Å²) in [5, 5.41) is 5.27. The second kappa shape index (κ2) is 9.67. The maximum Gasteiger partial charge on any atom is 0.222 e. The number of benzene rings is 1. The summed E-state index contributed by atoms with van der Waals surface area (Å²) in [5.41, 5.74) is 0.965. The second-order valence-electron chi connectivity index (χ2n) is 6.69. The summed E-state index contributed by atoms with van der Waals surface area (Å²) in [4.78, 5) is 16.2. The zero-order valence-corrected chi connectivity index (χ0v) is 16.4. The molecule has 0 aliphatic rings. The Balaban J connectivity index is 1.91. The Morgan fingerprint density at radius 1 is 1.19 bits per heavy atom. The minimum absolute atomic E-state index is 0.215. The maximum atomic E-state index is 13.3. The molecule has 1 unspecified atom stereocenters. The van der Waals surface area contributed by atoms with Gasteiger partial charge in [0.05, 0.1) is 17.8 Å². The Bertz CT molecular complexity index is 715. The largest absolute Gasteiger partial charge is 0.342 e. The molecule has 0 saturated heterocycles. The Labute approximate surface area is 155 Å². The third kappa shape index (κ3) is 5.04. The van der Waals surface area contributed by atoms with E-state index in [0.29, 0.717) is 6.42 Å². The van der Waals surface area contributed by atoms with Crippen LogP contribution in [0.3, 0.4) is 0 Å². The van der Waals surface area contributed by atoms with E-state index >= 15 is 0 Å². The molecule has 0 saturated carbocycles. The van der Waals surface area contributed by atoms with Crippen LogP contribution in [0.1, 0.15) is 46.6 Å². The van der Waals surface area contributed by atoms with E-state index < -0.39 is 0 Å². The van der Waals surface area contributed by atoms with Crippen molar-refractivity contribution in [2.75, 3.05) is 32.7 Å². The normalized spacial score (nSPS) is 12.7. The first kappa shape index (κ1) is 20.4. The van der Waals surface area contributed by atoms with Crippen molar-refractivity contribution in [1.82, 2.24) is 19.6 Å². The molecule has 6 heteroatoms.